The fourth-order valence-corrected chi connectivity index (χ4v) is 5.31. The van der Waals surface area contributed by atoms with Gasteiger partial charge in [-0.25, -0.2) is 9.59 Å². The summed E-state index contributed by atoms with van der Waals surface area (Å²) in [5, 5.41) is 0. The molecule has 0 radical (unpaired) electrons. The zero-order chi connectivity index (χ0) is 23.4. The lowest BCUT2D eigenvalue weighted by Gasteiger charge is -2.11. The minimum atomic E-state index is -0.774. The van der Waals surface area contributed by atoms with Gasteiger partial charge in [-0.1, -0.05) is 37.9 Å². The van der Waals surface area contributed by atoms with Gasteiger partial charge in [0, 0.05) is 8.95 Å². The van der Waals surface area contributed by atoms with Crippen LogP contribution in [0.15, 0.2) is 66.4 Å². The van der Waals surface area contributed by atoms with Crippen LogP contribution in [0.2, 0.25) is 0 Å². The van der Waals surface area contributed by atoms with E-state index in [0.29, 0.717) is 30.5 Å². The van der Waals surface area contributed by atoms with E-state index >= 15 is 0 Å². The molecule has 3 aromatic carbocycles. The summed E-state index contributed by atoms with van der Waals surface area (Å²) in [4.78, 5) is 48.0. The van der Waals surface area contributed by atoms with Crippen LogP contribution in [-0.4, -0.2) is 24.5 Å². The van der Waals surface area contributed by atoms with E-state index in [1.54, 1.807) is 12.1 Å². The number of hydrogen-bond donors (Lipinski definition) is 0. The first-order chi connectivity index (χ1) is 15.2. The molecule has 3 rings (SSSR count). The molecule has 3 aromatic rings. The minimum Gasteiger partial charge on any atom is -0.421 e. The average Bonchev–Trinajstić information content (AvgIpc) is 2.76. The third kappa shape index (κ3) is 5.61. The van der Waals surface area contributed by atoms with Crippen molar-refractivity contribution in [1.82, 2.24) is 0 Å². The van der Waals surface area contributed by atoms with Gasteiger partial charge in [0.05, 0.1) is 31.2 Å². The molecule has 0 spiro atoms. The van der Waals surface area contributed by atoms with Crippen LogP contribution in [0.5, 0.6) is 11.5 Å². The van der Waals surface area contributed by atoms with Gasteiger partial charge in [0.2, 0.25) is 0 Å². The van der Waals surface area contributed by atoms with Crippen molar-refractivity contribution in [3.63, 3.8) is 0 Å². The van der Waals surface area contributed by atoms with Crippen LogP contribution in [0.3, 0.4) is 0 Å². The van der Waals surface area contributed by atoms with Gasteiger partial charge in [-0.15, -0.1) is 0 Å². The highest BCUT2D eigenvalue weighted by molar-refractivity contribution is 9.11. The quantitative estimate of drug-likeness (QED) is 0.161. The molecule has 162 valence electrons. The van der Waals surface area contributed by atoms with E-state index in [0.717, 1.165) is 0 Å². The van der Waals surface area contributed by atoms with Crippen molar-refractivity contribution >= 4 is 88.2 Å². The molecule has 0 saturated heterocycles. The topological polar surface area (TPSA) is 86.7 Å². The van der Waals surface area contributed by atoms with E-state index in [9.17, 15) is 19.2 Å². The molecule has 0 aliphatic carbocycles. The number of carbonyl (C=O) groups is 4. The van der Waals surface area contributed by atoms with Crippen LogP contribution in [0.25, 0.3) is 0 Å². The number of esters is 2. The van der Waals surface area contributed by atoms with Gasteiger partial charge in [-0.05, 0) is 74.3 Å². The Kier molecular flexibility index (Phi) is 8.16. The lowest BCUT2D eigenvalue weighted by atomic mass is 10.1. The van der Waals surface area contributed by atoms with E-state index in [1.807, 2.05) is 0 Å². The first kappa shape index (κ1) is 24.5. The molecular weight excluding hydrogens is 680 g/mol. The molecule has 10 heteroatoms. The number of hydrogen-bond acceptors (Lipinski definition) is 6. The lowest BCUT2D eigenvalue weighted by Crippen LogP contribution is -2.14. The minimum absolute atomic E-state index is 0.0515. The Bertz CT molecular complexity index is 1160. The predicted octanol–water partition coefficient (Wildman–Crippen LogP) is 6.80. The summed E-state index contributed by atoms with van der Waals surface area (Å²) in [5.74, 6) is -1.44. The van der Waals surface area contributed by atoms with Crippen LogP contribution in [-0.2, 0) is 0 Å². The summed E-state index contributed by atoms with van der Waals surface area (Å²) in [6, 6.07) is 12.0. The van der Waals surface area contributed by atoms with Gasteiger partial charge in [0.15, 0.2) is 24.1 Å². The Balaban J connectivity index is 1.86. The van der Waals surface area contributed by atoms with Crippen molar-refractivity contribution in [2.75, 3.05) is 0 Å². The van der Waals surface area contributed by atoms with Gasteiger partial charge in [0.25, 0.3) is 0 Å². The molecule has 0 aromatic heterocycles. The highest BCUT2D eigenvalue weighted by atomic mass is 79.9. The molecule has 0 bridgehead atoms. The highest BCUT2D eigenvalue weighted by Crippen LogP contribution is 2.34. The summed E-state index contributed by atoms with van der Waals surface area (Å²) in [6.45, 7) is 0. The van der Waals surface area contributed by atoms with Gasteiger partial charge >= 0.3 is 11.9 Å². The van der Waals surface area contributed by atoms with Crippen molar-refractivity contribution in [2.24, 2.45) is 0 Å². The Morgan fingerprint density at radius 3 is 1.44 bits per heavy atom. The molecule has 0 amide bonds. The molecule has 0 aliphatic heterocycles. The summed E-state index contributed by atoms with van der Waals surface area (Å²) in [5.41, 5.74) is 0.460. The molecule has 0 aliphatic rings. The molecular formula is C22H10Br4O6. The summed E-state index contributed by atoms with van der Waals surface area (Å²) < 4.78 is 12.8. The Hall–Kier alpha value is -2.14. The molecule has 0 heterocycles. The monoisotopic (exact) mass is 686 g/mol. The van der Waals surface area contributed by atoms with E-state index in [2.05, 4.69) is 63.7 Å². The SMILES string of the molecule is O=Cc1cc(Br)cc(Br)c1OC(=O)c1cccc(C(=O)Oc2c(Br)cc(Br)cc2C=O)c1. The number of carbonyl (C=O) groups excluding carboxylic acids is 4. The second-order valence-corrected chi connectivity index (χ2v) is 9.75. The molecule has 6 nitrogen and oxygen atoms in total. The molecule has 0 fully saturated rings. The molecule has 0 unspecified atom stereocenters. The first-order valence-corrected chi connectivity index (χ1v) is 11.8. The maximum atomic E-state index is 12.7. The predicted molar refractivity (Wildman–Crippen MR) is 131 cm³/mol. The van der Waals surface area contributed by atoms with Crippen molar-refractivity contribution in [2.45, 2.75) is 0 Å². The third-order valence-corrected chi connectivity index (χ3v) is 6.15. The molecule has 0 atom stereocenters. The first-order valence-electron chi connectivity index (χ1n) is 8.66. The zero-order valence-corrected chi connectivity index (χ0v) is 22.1. The molecule has 0 N–H and O–H groups in total. The van der Waals surface area contributed by atoms with Crippen LogP contribution < -0.4 is 9.47 Å². The van der Waals surface area contributed by atoms with Gasteiger partial charge in [0.1, 0.15) is 0 Å². The maximum absolute atomic E-state index is 12.7. The van der Waals surface area contributed by atoms with Gasteiger partial charge in [-0.2, -0.15) is 0 Å². The number of rotatable bonds is 6. The highest BCUT2D eigenvalue weighted by Gasteiger charge is 2.19. The Morgan fingerprint density at radius 2 is 1.06 bits per heavy atom. The molecule has 0 saturated carbocycles. The lowest BCUT2D eigenvalue weighted by molar-refractivity contribution is 0.0731. The van der Waals surface area contributed by atoms with E-state index in [-0.39, 0.29) is 33.8 Å². The Morgan fingerprint density at radius 1 is 0.656 bits per heavy atom. The van der Waals surface area contributed by atoms with Crippen molar-refractivity contribution in [1.29, 1.82) is 0 Å². The van der Waals surface area contributed by atoms with Gasteiger partial charge < -0.3 is 9.47 Å². The van der Waals surface area contributed by atoms with Crippen molar-refractivity contribution in [3.8, 4) is 11.5 Å². The van der Waals surface area contributed by atoms with E-state index < -0.39 is 11.9 Å². The second-order valence-electron chi connectivity index (χ2n) is 6.21. The van der Waals surface area contributed by atoms with E-state index in [1.165, 1.54) is 36.4 Å². The number of ether oxygens (including phenoxy) is 2. The van der Waals surface area contributed by atoms with Crippen LogP contribution in [0.4, 0.5) is 0 Å². The number of halogens is 4. The zero-order valence-electron chi connectivity index (χ0n) is 15.7. The number of aldehydes is 2. The fourth-order valence-electron chi connectivity index (χ4n) is 2.63. The van der Waals surface area contributed by atoms with Crippen molar-refractivity contribution in [3.05, 3.63) is 88.7 Å². The fraction of sp³-hybridized carbons (Fsp3) is 0. The second kappa shape index (κ2) is 10.7. The normalized spacial score (nSPS) is 10.4. The summed E-state index contributed by atoms with van der Waals surface area (Å²) >= 11 is 13.1. The van der Waals surface area contributed by atoms with Crippen LogP contribution >= 0.6 is 63.7 Å². The molecule has 32 heavy (non-hydrogen) atoms. The van der Waals surface area contributed by atoms with Crippen LogP contribution in [0.1, 0.15) is 41.4 Å². The summed E-state index contributed by atoms with van der Waals surface area (Å²) in [7, 11) is 0. The Labute approximate surface area is 215 Å². The van der Waals surface area contributed by atoms with Crippen LogP contribution in [0, 0.1) is 0 Å². The van der Waals surface area contributed by atoms with Gasteiger partial charge in [-0.3, -0.25) is 9.59 Å². The maximum Gasteiger partial charge on any atom is 0.343 e. The number of benzene rings is 3. The third-order valence-electron chi connectivity index (χ3n) is 4.05. The smallest absolute Gasteiger partial charge is 0.343 e. The largest absolute Gasteiger partial charge is 0.421 e. The average molecular weight is 690 g/mol. The van der Waals surface area contributed by atoms with E-state index in [4.69, 9.17) is 9.47 Å². The standard InChI is InChI=1S/C22H10Br4O6/c23-15-5-13(9-27)19(17(25)7-15)31-21(29)11-2-1-3-12(4-11)22(30)32-20-14(10-28)6-16(24)8-18(20)26/h1-10H. The van der Waals surface area contributed by atoms with Crippen molar-refractivity contribution < 1.29 is 28.7 Å². The summed E-state index contributed by atoms with van der Waals surface area (Å²) in [6.07, 6.45) is 1.12.